The van der Waals surface area contributed by atoms with Crippen molar-refractivity contribution < 1.29 is 9.53 Å². The molecule has 328 valence electrons. The standard InChI is InChI=1S/C53H99NO2/c1-5-8-9-10-11-12-13-14-15-16-17-18-19-20-21-22-23-24-25-26-27-28-29-30-31-32-33-34-35-36-37-38-39-40-41-42-43-44-49-56-51-47-45-50(46-48-51)52(55)54-53(4,6-2)7-3/h45-48H,5-44,49H2,1-4H3,(H,54,55). The minimum atomic E-state index is -0.143. The van der Waals surface area contributed by atoms with Crippen molar-refractivity contribution in [3.05, 3.63) is 29.8 Å². The van der Waals surface area contributed by atoms with Crippen LogP contribution < -0.4 is 10.1 Å². The van der Waals surface area contributed by atoms with E-state index in [2.05, 4.69) is 33.0 Å². The van der Waals surface area contributed by atoms with E-state index < -0.39 is 0 Å². The molecule has 0 aromatic heterocycles. The maximum atomic E-state index is 12.6. The summed E-state index contributed by atoms with van der Waals surface area (Å²) in [5.74, 6) is 0.858. The molecule has 0 radical (unpaired) electrons. The molecule has 0 aliphatic rings. The lowest BCUT2D eigenvalue weighted by atomic mass is 9.95. The summed E-state index contributed by atoms with van der Waals surface area (Å²) < 4.78 is 5.93. The third-order valence-corrected chi connectivity index (χ3v) is 12.9. The molecule has 3 nitrogen and oxygen atoms in total. The van der Waals surface area contributed by atoms with Gasteiger partial charge in [-0.3, -0.25) is 4.79 Å². The molecule has 3 heteroatoms. The maximum absolute atomic E-state index is 12.6. The Morgan fingerprint density at radius 2 is 0.661 bits per heavy atom. The fourth-order valence-electron chi connectivity index (χ4n) is 8.20. The van der Waals surface area contributed by atoms with Crippen molar-refractivity contribution in [2.45, 2.75) is 290 Å². The molecular weight excluding hydrogens is 683 g/mol. The Labute approximate surface area is 351 Å². The molecule has 0 heterocycles. The molecule has 1 aromatic rings. The van der Waals surface area contributed by atoms with Crippen molar-refractivity contribution in [3.63, 3.8) is 0 Å². The summed E-state index contributed by atoms with van der Waals surface area (Å²) in [6.07, 6.45) is 56.7. The SMILES string of the molecule is CCCCCCCCCCCCCCCCCCCCCCCCCCCCCCCCCCCCCCCCOc1ccc(C(=O)NC(C)(CC)CC)cc1. The average molecular weight is 782 g/mol. The molecule has 0 aliphatic carbocycles. The Bertz CT molecular complexity index is 937. The Balaban J connectivity index is 1.71. The Hall–Kier alpha value is -1.51. The number of unbranched alkanes of at least 4 members (excludes halogenated alkanes) is 37. The summed E-state index contributed by atoms with van der Waals surface area (Å²) in [6, 6.07) is 7.61. The van der Waals surface area contributed by atoms with E-state index >= 15 is 0 Å². The van der Waals surface area contributed by atoms with Gasteiger partial charge in [-0.05, 0) is 50.5 Å². The fraction of sp³-hybridized carbons (Fsp3) is 0.868. The van der Waals surface area contributed by atoms with E-state index in [1.807, 2.05) is 24.3 Å². The van der Waals surface area contributed by atoms with Gasteiger partial charge in [0, 0.05) is 11.1 Å². The lowest BCUT2D eigenvalue weighted by molar-refractivity contribution is 0.0901. The summed E-state index contributed by atoms with van der Waals surface area (Å²) >= 11 is 0. The van der Waals surface area contributed by atoms with Crippen molar-refractivity contribution in [2.75, 3.05) is 6.61 Å². The number of ether oxygens (including phenoxy) is 1. The van der Waals surface area contributed by atoms with Gasteiger partial charge in [0.15, 0.2) is 0 Å². The first kappa shape index (κ1) is 52.5. The molecule has 1 N–H and O–H groups in total. The van der Waals surface area contributed by atoms with Crippen molar-refractivity contribution in [1.82, 2.24) is 5.32 Å². The highest BCUT2D eigenvalue weighted by Gasteiger charge is 2.22. The van der Waals surface area contributed by atoms with Crippen LogP contribution in [0.15, 0.2) is 24.3 Å². The van der Waals surface area contributed by atoms with Crippen molar-refractivity contribution in [3.8, 4) is 5.75 Å². The number of hydrogen-bond acceptors (Lipinski definition) is 2. The van der Waals surface area contributed by atoms with Gasteiger partial charge in [-0.15, -0.1) is 0 Å². The third-order valence-electron chi connectivity index (χ3n) is 12.9. The summed E-state index contributed by atoms with van der Waals surface area (Å²) in [5.41, 5.74) is 0.558. The predicted octanol–water partition coefficient (Wildman–Crippen LogP) is 18.2. The average Bonchev–Trinajstić information content (AvgIpc) is 3.21. The van der Waals surface area contributed by atoms with Crippen LogP contribution in [0.25, 0.3) is 0 Å². The number of hydrogen-bond donors (Lipinski definition) is 1. The van der Waals surface area contributed by atoms with Gasteiger partial charge in [-0.1, -0.05) is 258 Å². The molecule has 0 bridgehead atoms. The highest BCUT2D eigenvalue weighted by atomic mass is 16.5. The molecule has 1 rings (SSSR count). The number of carbonyl (C=O) groups is 1. The lowest BCUT2D eigenvalue weighted by Gasteiger charge is -2.28. The Morgan fingerprint density at radius 3 is 0.911 bits per heavy atom. The van der Waals surface area contributed by atoms with Gasteiger partial charge in [0.2, 0.25) is 0 Å². The quantitative estimate of drug-likeness (QED) is 0.0670. The van der Waals surface area contributed by atoms with Gasteiger partial charge < -0.3 is 10.1 Å². The van der Waals surface area contributed by atoms with Crippen LogP contribution in [0.2, 0.25) is 0 Å². The molecule has 0 aliphatic heterocycles. The van der Waals surface area contributed by atoms with Crippen LogP contribution >= 0.6 is 0 Å². The van der Waals surface area contributed by atoms with Gasteiger partial charge in [0.1, 0.15) is 5.75 Å². The molecule has 0 spiro atoms. The Kier molecular flexibility index (Phi) is 37.8. The summed E-state index contributed by atoms with van der Waals surface area (Å²) in [6.45, 7) is 9.41. The van der Waals surface area contributed by atoms with Gasteiger partial charge in [-0.2, -0.15) is 0 Å². The predicted molar refractivity (Wildman–Crippen MR) is 250 cm³/mol. The highest BCUT2D eigenvalue weighted by molar-refractivity contribution is 5.94. The van der Waals surface area contributed by atoms with Crippen LogP contribution in [-0.2, 0) is 0 Å². The summed E-state index contributed by atoms with van der Waals surface area (Å²) in [5, 5.41) is 3.17. The molecular formula is C53H99NO2. The van der Waals surface area contributed by atoms with Crippen LogP contribution in [-0.4, -0.2) is 18.1 Å². The van der Waals surface area contributed by atoms with Gasteiger partial charge in [0.05, 0.1) is 6.61 Å². The molecule has 0 fully saturated rings. The molecule has 0 unspecified atom stereocenters. The zero-order valence-corrected chi connectivity index (χ0v) is 38.6. The molecule has 1 aromatic carbocycles. The molecule has 56 heavy (non-hydrogen) atoms. The second-order valence-corrected chi connectivity index (χ2v) is 18.2. The number of amides is 1. The monoisotopic (exact) mass is 782 g/mol. The zero-order valence-electron chi connectivity index (χ0n) is 38.6. The van der Waals surface area contributed by atoms with Gasteiger partial charge in [-0.25, -0.2) is 0 Å². The number of rotatable bonds is 44. The number of carbonyl (C=O) groups excluding carboxylic acids is 1. The highest BCUT2D eigenvalue weighted by Crippen LogP contribution is 2.20. The molecule has 0 saturated heterocycles. The minimum absolute atomic E-state index is 0.000267. The van der Waals surface area contributed by atoms with E-state index in [4.69, 9.17) is 4.74 Å². The molecule has 0 atom stereocenters. The molecule has 0 saturated carbocycles. The van der Waals surface area contributed by atoms with E-state index in [1.54, 1.807) is 0 Å². The smallest absolute Gasteiger partial charge is 0.251 e. The summed E-state index contributed by atoms with van der Waals surface area (Å²) in [4.78, 5) is 12.6. The summed E-state index contributed by atoms with van der Waals surface area (Å²) in [7, 11) is 0. The van der Waals surface area contributed by atoms with E-state index in [9.17, 15) is 4.79 Å². The van der Waals surface area contributed by atoms with Crippen molar-refractivity contribution in [2.24, 2.45) is 0 Å². The maximum Gasteiger partial charge on any atom is 0.251 e. The first-order valence-corrected chi connectivity index (χ1v) is 25.6. The topological polar surface area (TPSA) is 38.3 Å². The van der Waals surface area contributed by atoms with E-state index in [-0.39, 0.29) is 11.4 Å². The second-order valence-electron chi connectivity index (χ2n) is 18.2. The largest absolute Gasteiger partial charge is 0.494 e. The number of nitrogens with one attached hydrogen (secondary N) is 1. The van der Waals surface area contributed by atoms with Gasteiger partial charge >= 0.3 is 0 Å². The lowest BCUT2D eigenvalue weighted by Crippen LogP contribution is -2.44. The van der Waals surface area contributed by atoms with E-state index in [1.165, 1.54) is 238 Å². The van der Waals surface area contributed by atoms with Gasteiger partial charge in [0.25, 0.3) is 5.91 Å². The third kappa shape index (κ3) is 33.5. The van der Waals surface area contributed by atoms with Crippen LogP contribution in [0.3, 0.4) is 0 Å². The Morgan fingerprint density at radius 1 is 0.411 bits per heavy atom. The zero-order chi connectivity index (χ0) is 40.5. The molecule has 1 amide bonds. The van der Waals surface area contributed by atoms with E-state index in [0.717, 1.165) is 31.6 Å². The van der Waals surface area contributed by atoms with Crippen LogP contribution in [0.1, 0.15) is 295 Å². The van der Waals surface area contributed by atoms with Crippen LogP contribution in [0.4, 0.5) is 0 Å². The second kappa shape index (κ2) is 40.3. The fourth-order valence-corrected chi connectivity index (χ4v) is 8.20. The normalized spacial score (nSPS) is 11.7. The minimum Gasteiger partial charge on any atom is -0.494 e. The first-order valence-electron chi connectivity index (χ1n) is 25.6. The van der Waals surface area contributed by atoms with Crippen LogP contribution in [0, 0.1) is 0 Å². The van der Waals surface area contributed by atoms with E-state index in [0.29, 0.717) is 5.56 Å². The van der Waals surface area contributed by atoms with Crippen molar-refractivity contribution >= 4 is 5.91 Å². The van der Waals surface area contributed by atoms with Crippen LogP contribution in [0.5, 0.6) is 5.75 Å². The van der Waals surface area contributed by atoms with Crippen molar-refractivity contribution in [1.29, 1.82) is 0 Å². The first-order chi connectivity index (χ1) is 27.5. The number of benzene rings is 1.